The predicted octanol–water partition coefficient (Wildman–Crippen LogP) is 2.65. The summed E-state index contributed by atoms with van der Waals surface area (Å²) in [6.07, 6.45) is 0. The second-order valence-corrected chi connectivity index (χ2v) is 9.66. The molecule has 0 unspecified atom stereocenters. The molecule has 84 valence electrons. The molecular weight excluding hydrogens is 232 g/mol. The van der Waals surface area contributed by atoms with Crippen molar-refractivity contribution in [3.8, 4) is 0 Å². The van der Waals surface area contributed by atoms with E-state index in [-0.39, 0.29) is 5.76 Å². The van der Waals surface area contributed by atoms with Crippen LogP contribution in [-0.2, 0) is 4.74 Å². The summed E-state index contributed by atoms with van der Waals surface area (Å²) in [5.74, 6) is -0.372. The van der Waals surface area contributed by atoms with Gasteiger partial charge in [0.15, 0.2) is 0 Å². The molecule has 3 nitrogen and oxygen atoms in total. The van der Waals surface area contributed by atoms with Crippen LogP contribution in [0, 0.1) is 0 Å². The summed E-state index contributed by atoms with van der Waals surface area (Å²) in [6.45, 7) is 8.43. The third kappa shape index (κ3) is 2.86. The van der Waals surface area contributed by atoms with Crippen molar-refractivity contribution in [3.63, 3.8) is 0 Å². The molecule has 1 aromatic heterocycles. The first-order chi connectivity index (χ1) is 6.86. The standard InChI is InChI=1S/C10H15ClO3Si/c1-5-13-10(12)9-7(11)6-8(14-9)15(2,3)4/h6H,5H2,1-4H3. The maximum absolute atomic E-state index is 11.4. The second kappa shape index (κ2) is 4.41. The fourth-order valence-corrected chi connectivity index (χ4v) is 2.37. The first-order valence-corrected chi connectivity index (χ1v) is 8.71. The van der Waals surface area contributed by atoms with Crippen molar-refractivity contribution >= 4 is 31.0 Å². The zero-order valence-corrected chi connectivity index (χ0v) is 11.1. The van der Waals surface area contributed by atoms with E-state index in [0.29, 0.717) is 11.6 Å². The third-order valence-electron chi connectivity index (χ3n) is 1.89. The molecule has 0 saturated heterocycles. The van der Waals surface area contributed by atoms with Gasteiger partial charge in [0.25, 0.3) is 0 Å². The molecule has 5 heteroatoms. The molecule has 0 N–H and O–H groups in total. The number of ether oxygens (including phenoxy) is 1. The Morgan fingerprint density at radius 3 is 2.53 bits per heavy atom. The van der Waals surface area contributed by atoms with Crippen LogP contribution in [0.4, 0.5) is 0 Å². The lowest BCUT2D eigenvalue weighted by molar-refractivity contribution is 0.0492. The number of hydrogen-bond acceptors (Lipinski definition) is 3. The average Bonchev–Trinajstić information content (AvgIpc) is 2.47. The molecule has 0 aliphatic heterocycles. The second-order valence-electron chi connectivity index (χ2n) is 4.26. The minimum absolute atomic E-state index is 0.121. The van der Waals surface area contributed by atoms with Gasteiger partial charge in [0.05, 0.1) is 17.0 Å². The van der Waals surface area contributed by atoms with Gasteiger partial charge in [0, 0.05) is 0 Å². The van der Waals surface area contributed by atoms with Crippen molar-refractivity contribution in [3.05, 3.63) is 16.8 Å². The number of furan rings is 1. The molecule has 15 heavy (non-hydrogen) atoms. The summed E-state index contributed by atoms with van der Waals surface area (Å²) >= 11 is 5.91. The first kappa shape index (κ1) is 12.3. The van der Waals surface area contributed by atoms with E-state index >= 15 is 0 Å². The summed E-state index contributed by atoms with van der Waals surface area (Å²) in [6, 6.07) is 1.72. The van der Waals surface area contributed by atoms with Crippen LogP contribution in [0.15, 0.2) is 10.5 Å². The molecule has 0 amide bonds. The SMILES string of the molecule is CCOC(=O)c1oc([Si](C)(C)C)cc1Cl. The Morgan fingerprint density at radius 1 is 1.53 bits per heavy atom. The molecule has 0 spiro atoms. The molecular formula is C10H15ClO3Si. The Labute approximate surface area is 95.4 Å². The van der Waals surface area contributed by atoms with E-state index in [1.807, 2.05) is 0 Å². The number of hydrogen-bond donors (Lipinski definition) is 0. The molecule has 0 fully saturated rings. The Morgan fingerprint density at radius 2 is 2.13 bits per heavy atom. The van der Waals surface area contributed by atoms with Crippen LogP contribution in [0.2, 0.25) is 24.7 Å². The Hall–Kier alpha value is -0.743. The first-order valence-electron chi connectivity index (χ1n) is 4.83. The lowest BCUT2D eigenvalue weighted by Crippen LogP contribution is -2.36. The summed E-state index contributed by atoms with van der Waals surface area (Å²) in [4.78, 5) is 11.4. The zero-order valence-electron chi connectivity index (χ0n) is 9.39. The van der Waals surface area contributed by atoms with Gasteiger partial charge in [-0.25, -0.2) is 4.79 Å². The highest BCUT2D eigenvalue weighted by atomic mass is 35.5. The van der Waals surface area contributed by atoms with Crippen LogP contribution >= 0.6 is 11.6 Å². The van der Waals surface area contributed by atoms with Crippen molar-refractivity contribution in [2.75, 3.05) is 6.61 Å². The van der Waals surface area contributed by atoms with Crippen LogP contribution in [0.5, 0.6) is 0 Å². The highest BCUT2D eigenvalue weighted by Gasteiger charge is 2.26. The Kier molecular flexibility index (Phi) is 3.62. The topological polar surface area (TPSA) is 39.4 Å². The molecule has 0 aliphatic rings. The summed E-state index contributed by atoms with van der Waals surface area (Å²) < 4.78 is 10.3. The largest absolute Gasteiger partial charge is 0.460 e. The Balaban J connectivity index is 3.02. The van der Waals surface area contributed by atoms with Crippen LogP contribution < -0.4 is 5.38 Å². The van der Waals surface area contributed by atoms with E-state index < -0.39 is 14.0 Å². The summed E-state index contributed by atoms with van der Waals surface area (Å²) in [5, 5.41) is 1.15. The molecule has 1 aromatic rings. The van der Waals surface area contributed by atoms with Crippen molar-refractivity contribution in [1.82, 2.24) is 0 Å². The number of halogens is 1. The molecule has 0 aliphatic carbocycles. The quantitative estimate of drug-likeness (QED) is 0.608. The Bertz CT molecular complexity index is 365. The van der Waals surface area contributed by atoms with Crippen LogP contribution in [0.3, 0.4) is 0 Å². The summed E-state index contributed by atoms with van der Waals surface area (Å²) in [5.41, 5.74) is 0. The molecule has 0 aromatic carbocycles. The maximum atomic E-state index is 11.4. The van der Waals surface area contributed by atoms with Crippen molar-refractivity contribution in [2.45, 2.75) is 26.6 Å². The van der Waals surface area contributed by atoms with Gasteiger partial charge in [-0.3, -0.25) is 0 Å². The van der Waals surface area contributed by atoms with Gasteiger partial charge in [-0.2, -0.15) is 0 Å². The molecule has 0 bridgehead atoms. The lowest BCUT2D eigenvalue weighted by Gasteiger charge is -2.10. The fourth-order valence-electron chi connectivity index (χ4n) is 1.07. The number of carbonyl (C=O) groups is 1. The van der Waals surface area contributed by atoms with Crippen molar-refractivity contribution in [1.29, 1.82) is 0 Å². The van der Waals surface area contributed by atoms with Crippen molar-refractivity contribution < 1.29 is 13.9 Å². The van der Waals surface area contributed by atoms with Gasteiger partial charge in [-0.15, -0.1) is 0 Å². The number of carbonyl (C=O) groups excluding carboxylic acids is 1. The third-order valence-corrected chi connectivity index (χ3v) is 3.89. The van der Waals surface area contributed by atoms with E-state index in [9.17, 15) is 4.79 Å². The molecule has 0 atom stereocenters. The average molecular weight is 247 g/mol. The van der Waals surface area contributed by atoms with Crippen LogP contribution in [-0.4, -0.2) is 20.7 Å². The van der Waals surface area contributed by atoms with Gasteiger partial charge < -0.3 is 9.15 Å². The minimum atomic E-state index is -1.57. The van der Waals surface area contributed by atoms with Crippen LogP contribution in [0.25, 0.3) is 0 Å². The molecule has 0 radical (unpaired) electrons. The van der Waals surface area contributed by atoms with E-state index in [1.165, 1.54) is 0 Å². The number of rotatable bonds is 3. The highest BCUT2D eigenvalue weighted by molar-refractivity contribution is 6.87. The summed E-state index contributed by atoms with van der Waals surface area (Å²) in [7, 11) is -1.57. The van der Waals surface area contributed by atoms with Gasteiger partial charge in [0.1, 0.15) is 8.07 Å². The van der Waals surface area contributed by atoms with Gasteiger partial charge in [-0.1, -0.05) is 31.2 Å². The zero-order chi connectivity index (χ0) is 11.6. The monoisotopic (exact) mass is 246 g/mol. The van der Waals surface area contributed by atoms with Gasteiger partial charge in [-0.05, 0) is 13.0 Å². The van der Waals surface area contributed by atoms with Gasteiger partial charge >= 0.3 is 5.97 Å². The molecule has 1 heterocycles. The van der Waals surface area contributed by atoms with E-state index in [0.717, 1.165) is 5.38 Å². The predicted molar refractivity (Wildman–Crippen MR) is 62.7 cm³/mol. The molecule has 0 saturated carbocycles. The molecule has 1 rings (SSSR count). The van der Waals surface area contributed by atoms with Crippen LogP contribution in [0.1, 0.15) is 17.5 Å². The maximum Gasteiger partial charge on any atom is 0.375 e. The minimum Gasteiger partial charge on any atom is -0.460 e. The van der Waals surface area contributed by atoms with E-state index in [2.05, 4.69) is 19.6 Å². The van der Waals surface area contributed by atoms with E-state index in [4.69, 9.17) is 20.8 Å². The van der Waals surface area contributed by atoms with Gasteiger partial charge in [0.2, 0.25) is 5.76 Å². The number of esters is 1. The van der Waals surface area contributed by atoms with Crippen molar-refractivity contribution in [2.24, 2.45) is 0 Å². The smallest absolute Gasteiger partial charge is 0.375 e. The normalized spacial score (nSPS) is 11.5. The van der Waals surface area contributed by atoms with E-state index in [1.54, 1.807) is 13.0 Å². The fraction of sp³-hybridized carbons (Fsp3) is 0.500. The highest BCUT2D eigenvalue weighted by Crippen LogP contribution is 2.19. The lowest BCUT2D eigenvalue weighted by atomic mass is 10.4.